The number of aromatic nitrogens is 4. The lowest BCUT2D eigenvalue weighted by Gasteiger charge is -2.06. The van der Waals surface area contributed by atoms with E-state index in [0.717, 1.165) is 62.3 Å². The molecule has 0 radical (unpaired) electrons. The zero-order valence-corrected chi connectivity index (χ0v) is 24.2. The Morgan fingerprint density at radius 2 is 1.44 bits per heavy atom. The van der Waals surface area contributed by atoms with E-state index in [-0.39, 0.29) is 18.4 Å². The van der Waals surface area contributed by atoms with Crippen LogP contribution in [-0.2, 0) is 4.79 Å². The number of carboxylic acid groups (broad SMARTS) is 2. The Hall–Kier alpha value is -4.72. The summed E-state index contributed by atoms with van der Waals surface area (Å²) in [6, 6.07) is 5.91. The predicted octanol–water partition coefficient (Wildman–Crippen LogP) is 7.72. The van der Waals surface area contributed by atoms with Gasteiger partial charge in [0, 0.05) is 28.5 Å². The van der Waals surface area contributed by atoms with E-state index in [0.29, 0.717) is 33.5 Å². The van der Waals surface area contributed by atoms with Crippen LogP contribution >= 0.6 is 0 Å². The first-order chi connectivity index (χ1) is 19.5. The van der Waals surface area contributed by atoms with Crippen LogP contribution in [0, 0.1) is 20.8 Å². The summed E-state index contributed by atoms with van der Waals surface area (Å²) in [5, 5.41) is 19.7. The Morgan fingerprint density at radius 3 is 2.07 bits per heavy atom. The van der Waals surface area contributed by atoms with Crippen LogP contribution in [0.4, 0.5) is 0 Å². The fourth-order valence-electron chi connectivity index (χ4n) is 5.94. The normalized spacial score (nSPS) is 13.2. The highest BCUT2D eigenvalue weighted by Crippen LogP contribution is 2.38. The third-order valence-electron chi connectivity index (χ3n) is 8.33. The van der Waals surface area contributed by atoms with E-state index >= 15 is 0 Å². The Balaban J connectivity index is 2.02. The van der Waals surface area contributed by atoms with E-state index in [1.165, 1.54) is 0 Å². The first-order valence-corrected chi connectivity index (χ1v) is 13.7. The molecule has 0 saturated carbocycles. The summed E-state index contributed by atoms with van der Waals surface area (Å²) in [7, 11) is 0. The monoisotopic (exact) mass is 550 g/mol. The number of aryl methyl sites for hydroxylation is 3. The van der Waals surface area contributed by atoms with Crippen molar-refractivity contribution < 1.29 is 19.8 Å². The molecule has 0 fully saturated rings. The van der Waals surface area contributed by atoms with E-state index < -0.39 is 11.9 Å². The molecule has 0 atom stereocenters. The van der Waals surface area contributed by atoms with Gasteiger partial charge in [0.25, 0.3) is 0 Å². The van der Waals surface area contributed by atoms with E-state index in [2.05, 4.69) is 30.4 Å². The van der Waals surface area contributed by atoms with Gasteiger partial charge in [0.2, 0.25) is 0 Å². The van der Waals surface area contributed by atoms with Crippen molar-refractivity contribution in [2.24, 2.45) is 0 Å². The van der Waals surface area contributed by atoms with Gasteiger partial charge >= 0.3 is 11.9 Å². The number of nitrogens with one attached hydrogen (secondary N) is 2. The quantitative estimate of drug-likeness (QED) is 0.248. The SMILES string of the molecule is C=Cc1c(C)c2cc3nc(c(C)c4[nH]c(cc5nc(cc1[nH]2)C(C)=C5CC)c(C)c4C(=O)O)C(CCC(=O)O)=C3C. The highest BCUT2D eigenvalue weighted by molar-refractivity contribution is 6.03. The fourth-order valence-corrected chi connectivity index (χ4v) is 5.94. The van der Waals surface area contributed by atoms with Crippen molar-refractivity contribution in [1.82, 2.24) is 19.9 Å². The van der Waals surface area contributed by atoms with Gasteiger partial charge in [-0.2, -0.15) is 0 Å². The lowest BCUT2D eigenvalue weighted by Crippen LogP contribution is -2.00. The van der Waals surface area contributed by atoms with Crippen LogP contribution in [0.25, 0.3) is 50.4 Å². The van der Waals surface area contributed by atoms with Crippen molar-refractivity contribution in [1.29, 1.82) is 0 Å². The van der Waals surface area contributed by atoms with E-state index in [9.17, 15) is 19.8 Å². The molecule has 3 aromatic heterocycles. The highest BCUT2D eigenvalue weighted by Gasteiger charge is 2.24. The van der Waals surface area contributed by atoms with E-state index in [1.54, 1.807) is 6.92 Å². The van der Waals surface area contributed by atoms with Gasteiger partial charge in [0.15, 0.2) is 0 Å². The number of carboxylic acids is 2. The van der Waals surface area contributed by atoms with Crippen molar-refractivity contribution in [3.63, 3.8) is 0 Å². The van der Waals surface area contributed by atoms with Crippen molar-refractivity contribution in [2.45, 2.75) is 60.8 Å². The second kappa shape index (κ2) is 10.4. The van der Waals surface area contributed by atoms with E-state index in [1.807, 2.05) is 45.0 Å². The number of allylic oxidation sites excluding steroid dienone is 4. The number of nitrogens with zero attached hydrogens (tertiary/aromatic N) is 2. The smallest absolute Gasteiger partial charge is 0.338 e. The summed E-state index contributed by atoms with van der Waals surface area (Å²) in [4.78, 5) is 40.9. The first-order valence-electron chi connectivity index (χ1n) is 13.7. The average Bonchev–Trinajstić information content (AvgIpc) is 3.60. The second-order valence-electron chi connectivity index (χ2n) is 10.7. The van der Waals surface area contributed by atoms with E-state index in [4.69, 9.17) is 9.97 Å². The Kier molecular flexibility index (Phi) is 7.03. The summed E-state index contributed by atoms with van der Waals surface area (Å²) < 4.78 is 0. The predicted molar refractivity (Wildman–Crippen MR) is 164 cm³/mol. The highest BCUT2D eigenvalue weighted by atomic mass is 16.4. The largest absolute Gasteiger partial charge is 0.481 e. The average molecular weight is 551 g/mol. The van der Waals surface area contributed by atoms with Gasteiger partial charge in [-0.1, -0.05) is 19.6 Å². The summed E-state index contributed by atoms with van der Waals surface area (Å²) in [6.07, 6.45) is 2.81. The fraction of sp³-hybridized carbons (Fsp3) is 0.273. The lowest BCUT2D eigenvalue weighted by molar-refractivity contribution is -0.136. The van der Waals surface area contributed by atoms with Crippen LogP contribution in [0.3, 0.4) is 0 Å². The van der Waals surface area contributed by atoms with Crippen molar-refractivity contribution in [3.8, 4) is 0 Å². The van der Waals surface area contributed by atoms with Crippen LogP contribution in [0.15, 0.2) is 24.8 Å². The molecule has 8 nitrogen and oxygen atoms in total. The summed E-state index contributed by atoms with van der Waals surface area (Å²) >= 11 is 0. The third kappa shape index (κ3) is 4.59. The molecule has 0 aromatic carbocycles. The summed E-state index contributed by atoms with van der Waals surface area (Å²) in [5.74, 6) is -1.95. The van der Waals surface area contributed by atoms with Gasteiger partial charge in [0.1, 0.15) is 0 Å². The van der Waals surface area contributed by atoms with Gasteiger partial charge < -0.3 is 20.2 Å². The van der Waals surface area contributed by atoms with Crippen molar-refractivity contribution in [2.75, 3.05) is 0 Å². The van der Waals surface area contributed by atoms with Gasteiger partial charge in [-0.15, -0.1) is 0 Å². The van der Waals surface area contributed by atoms with Gasteiger partial charge in [-0.3, -0.25) is 4.79 Å². The van der Waals surface area contributed by atoms with Crippen molar-refractivity contribution in [3.05, 3.63) is 75.4 Å². The molecule has 3 aromatic rings. The molecule has 0 amide bonds. The maximum absolute atomic E-state index is 12.5. The molecule has 8 bridgehead atoms. The number of carbonyl (C=O) groups is 2. The molecule has 0 saturated heterocycles. The van der Waals surface area contributed by atoms with Crippen LogP contribution in [0.1, 0.15) is 95.4 Å². The Morgan fingerprint density at radius 1 is 0.829 bits per heavy atom. The number of H-pyrrole nitrogens is 2. The van der Waals surface area contributed by atoms with Gasteiger partial charge in [-0.05, 0) is 105 Å². The molecule has 210 valence electrons. The zero-order chi connectivity index (χ0) is 29.7. The van der Waals surface area contributed by atoms with Crippen LogP contribution in [0.5, 0.6) is 0 Å². The number of rotatable bonds is 6. The molecule has 5 rings (SSSR count). The summed E-state index contributed by atoms with van der Waals surface area (Å²) in [6.45, 7) is 15.8. The molecule has 5 heterocycles. The molecule has 2 aliphatic rings. The molecule has 8 heteroatoms. The van der Waals surface area contributed by atoms with Gasteiger partial charge in [0.05, 0.1) is 33.9 Å². The second-order valence-corrected chi connectivity index (χ2v) is 10.7. The minimum atomic E-state index is -1.05. The Labute approximate surface area is 238 Å². The maximum Gasteiger partial charge on any atom is 0.338 e. The van der Waals surface area contributed by atoms with Gasteiger partial charge in [-0.25, -0.2) is 14.8 Å². The minimum Gasteiger partial charge on any atom is -0.481 e. The molecular weight excluding hydrogens is 516 g/mol. The molecular formula is C33H34N4O4. The maximum atomic E-state index is 12.5. The van der Waals surface area contributed by atoms with Crippen LogP contribution in [0.2, 0.25) is 0 Å². The zero-order valence-electron chi connectivity index (χ0n) is 24.2. The first kappa shape index (κ1) is 27.8. The van der Waals surface area contributed by atoms with Crippen LogP contribution in [-0.4, -0.2) is 42.1 Å². The molecule has 4 N–H and O–H groups in total. The number of fused-ring (bicyclic) bond motifs is 8. The molecule has 41 heavy (non-hydrogen) atoms. The summed E-state index contributed by atoms with van der Waals surface area (Å²) in [5.41, 5.74) is 13.0. The molecule has 0 aliphatic carbocycles. The number of aliphatic carboxylic acids is 1. The van der Waals surface area contributed by atoms with Crippen LogP contribution < -0.4 is 0 Å². The number of hydrogen-bond donors (Lipinski definition) is 4. The molecule has 2 aliphatic heterocycles. The van der Waals surface area contributed by atoms with Crippen molar-refractivity contribution >= 4 is 62.4 Å². The molecule has 0 spiro atoms. The number of hydrogen-bond acceptors (Lipinski definition) is 4. The number of aromatic carboxylic acids is 1. The molecule has 0 unspecified atom stereocenters. The topological polar surface area (TPSA) is 132 Å². The third-order valence-corrected chi connectivity index (χ3v) is 8.33. The number of aromatic amines is 2. The minimum absolute atomic E-state index is 0.0635. The standard InChI is InChI=1S/C33H34N4O4/c1-8-20-15(3)23-12-25-17(5)22(10-11-29(38)39)31(36-25)19(7)32-30(33(40)41)18(6)26(37-32)14-28-21(9-2)16(4)24(35-28)13-27(20)34-23/h8,12-14,34,37H,1,9-11H2,2-7H3,(H,38,39)(H,40,41). The Bertz CT molecular complexity index is 1900. The lowest BCUT2D eigenvalue weighted by atomic mass is 9.98.